The van der Waals surface area contributed by atoms with E-state index >= 15 is 0 Å². The standard InChI is InChI=1S/C21H20Cl2N2O4/c22-15-5-3-14(10-16(15)23)21(27)24-12-20(26)25-7-1-2-17(25)13-4-6-18-19(11-13)29-9-8-28-18/h3-6,10-11,17H,1-2,7-9,12H2,(H,24,27). The summed E-state index contributed by atoms with van der Waals surface area (Å²) in [7, 11) is 0. The minimum absolute atomic E-state index is 0.0415. The molecule has 0 saturated carbocycles. The fraction of sp³-hybridized carbons (Fsp3) is 0.333. The first kappa shape index (κ1) is 19.9. The lowest BCUT2D eigenvalue weighted by atomic mass is 10.0. The van der Waals surface area contributed by atoms with E-state index in [0.717, 1.165) is 24.2 Å². The van der Waals surface area contributed by atoms with E-state index in [1.165, 1.54) is 6.07 Å². The maximum atomic E-state index is 12.8. The molecule has 1 N–H and O–H groups in total. The molecule has 1 atom stereocenters. The van der Waals surface area contributed by atoms with Gasteiger partial charge in [-0.1, -0.05) is 29.3 Å². The van der Waals surface area contributed by atoms with Crippen LogP contribution in [0.2, 0.25) is 10.0 Å². The Balaban J connectivity index is 1.41. The van der Waals surface area contributed by atoms with Gasteiger partial charge in [0.2, 0.25) is 5.91 Å². The Morgan fingerprint density at radius 3 is 2.62 bits per heavy atom. The molecule has 8 heteroatoms. The van der Waals surface area contributed by atoms with Gasteiger partial charge in [-0.2, -0.15) is 0 Å². The van der Waals surface area contributed by atoms with Crippen molar-refractivity contribution in [2.24, 2.45) is 0 Å². The molecular formula is C21H20Cl2N2O4. The highest BCUT2D eigenvalue weighted by atomic mass is 35.5. The fourth-order valence-electron chi connectivity index (χ4n) is 3.68. The maximum Gasteiger partial charge on any atom is 0.251 e. The van der Waals surface area contributed by atoms with Crippen LogP contribution in [0.1, 0.15) is 34.8 Å². The number of likely N-dealkylation sites (tertiary alicyclic amines) is 1. The summed E-state index contributed by atoms with van der Waals surface area (Å²) in [5, 5.41) is 3.34. The van der Waals surface area contributed by atoms with Crippen LogP contribution in [0.25, 0.3) is 0 Å². The lowest BCUT2D eigenvalue weighted by molar-refractivity contribution is -0.131. The van der Waals surface area contributed by atoms with Crippen LogP contribution in [0, 0.1) is 0 Å². The third kappa shape index (κ3) is 4.28. The normalized spacial score (nSPS) is 17.9. The SMILES string of the molecule is O=C(NCC(=O)N1CCCC1c1ccc2c(c1)OCCO2)c1ccc(Cl)c(Cl)c1. The molecule has 1 unspecified atom stereocenters. The van der Waals surface area contributed by atoms with Crippen molar-refractivity contribution < 1.29 is 19.1 Å². The Morgan fingerprint density at radius 2 is 1.83 bits per heavy atom. The molecule has 2 aliphatic rings. The van der Waals surface area contributed by atoms with Gasteiger partial charge in [0.25, 0.3) is 5.91 Å². The van der Waals surface area contributed by atoms with Crippen LogP contribution in [-0.2, 0) is 4.79 Å². The zero-order valence-corrected chi connectivity index (χ0v) is 17.1. The third-order valence-electron chi connectivity index (χ3n) is 5.11. The highest BCUT2D eigenvalue weighted by Gasteiger charge is 2.31. The van der Waals surface area contributed by atoms with Gasteiger partial charge in [0.15, 0.2) is 11.5 Å². The summed E-state index contributed by atoms with van der Waals surface area (Å²) in [5.41, 5.74) is 1.37. The van der Waals surface area contributed by atoms with E-state index in [0.29, 0.717) is 41.1 Å². The molecule has 2 heterocycles. The van der Waals surface area contributed by atoms with Gasteiger partial charge in [-0.05, 0) is 48.7 Å². The number of nitrogens with one attached hydrogen (secondary N) is 1. The number of ether oxygens (including phenoxy) is 2. The van der Waals surface area contributed by atoms with E-state index in [4.69, 9.17) is 32.7 Å². The number of amides is 2. The average molecular weight is 435 g/mol. The van der Waals surface area contributed by atoms with Gasteiger partial charge in [-0.3, -0.25) is 9.59 Å². The number of benzene rings is 2. The van der Waals surface area contributed by atoms with Crippen molar-refractivity contribution in [1.82, 2.24) is 10.2 Å². The Hall–Kier alpha value is -2.44. The zero-order chi connectivity index (χ0) is 20.4. The smallest absolute Gasteiger partial charge is 0.251 e. The number of fused-ring (bicyclic) bond motifs is 1. The molecule has 1 fully saturated rings. The first-order valence-corrected chi connectivity index (χ1v) is 10.2. The van der Waals surface area contributed by atoms with E-state index in [-0.39, 0.29) is 24.4 Å². The number of hydrogen-bond acceptors (Lipinski definition) is 4. The van der Waals surface area contributed by atoms with Crippen molar-refractivity contribution in [3.05, 3.63) is 57.6 Å². The molecule has 2 aromatic carbocycles. The summed E-state index contributed by atoms with van der Waals surface area (Å²) in [5.74, 6) is 0.938. The molecular weight excluding hydrogens is 415 g/mol. The van der Waals surface area contributed by atoms with E-state index in [2.05, 4.69) is 5.32 Å². The van der Waals surface area contributed by atoms with Gasteiger partial charge in [0.1, 0.15) is 13.2 Å². The Labute approximate surface area is 178 Å². The van der Waals surface area contributed by atoms with Gasteiger partial charge >= 0.3 is 0 Å². The van der Waals surface area contributed by atoms with Crippen LogP contribution < -0.4 is 14.8 Å². The highest BCUT2D eigenvalue weighted by molar-refractivity contribution is 6.42. The second-order valence-electron chi connectivity index (χ2n) is 6.96. The second-order valence-corrected chi connectivity index (χ2v) is 7.77. The van der Waals surface area contributed by atoms with Gasteiger partial charge in [-0.15, -0.1) is 0 Å². The quantitative estimate of drug-likeness (QED) is 0.792. The number of hydrogen-bond donors (Lipinski definition) is 1. The number of rotatable bonds is 4. The molecule has 6 nitrogen and oxygen atoms in total. The molecule has 29 heavy (non-hydrogen) atoms. The lowest BCUT2D eigenvalue weighted by Gasteiger charge is -2.27. The molecule has 152 valence electrons. The molecule has 0 aliphatic carbocycles. The van der Waals surface area contributed by atoms with Crippen LogP contribution in [-0.4, -0.2) is 43.0 Å². The van der Waals surface area contributed by atoms with Crippen molar-refractivity contribution in [3.8, 4) is 11.5 Å². The number of carbonyl (C=O) groups excluding carboxylic acids is 2. The van der Waals surface area contributed by atoms with Gasteiger partial charge in [-0.25, -0.2) is 0 Å². The maximum absolute atomic E-state index is 12.8. The fourth-order valence-corrected chi connectivity index (χ4v) is 3.97. The molecule has 4 rings (SSSR count). The first-order chi connectivity index (χ1) is 14.0. The van der Waals surface area contributed by atoms with Crippen LogP contribution in [0.4, 0.5) is 0 Å². The van der Waals surface area contributed by atoms with E-state index in [1.807, 2.05) is 18.2 Å². The van der Waals surface area contributed by atoms with Gasteiger partial charge in [0.05, 0.1) is 22.6 Å². The van der Waals surface area contributed by atoms with Gasteiger partial charge < -0.3 is 19.7 Å². The van der Waals surface area contributed by atoms with Crippen LogP contribution in [0.3, 0.4) is 0 Å². The van der Waals surface area contributed by atoms with Crippen molar-refractivity contribution in [1.29, 1.82) is 0 Å². The molecule has 0 bridgehead atoms. The average Bonchev–Trinajstić information content (AvgIpc) is 3.23. The number of halogens is 2. The molecule has 1 saturated heterocycles. The first-order valence-electron chi connectivity index (χ1n) is 9.45. The minimum Gasteiger partial charge on any atom is -0.486 e. The molecule has 0 aromatic heterocycles. The Bertz CT molecular complexity index is 950. The number of carbonyl (C=O) groups is 2. The van der Waals surface area contributed by atoms with Crippen LogP contribution in [0.5, 0.6) is 11.5 Å². The molecule has 2 aliphatic heterocycles. The topological polar surface area (TPSA) is 67.9 Å². The van der Waals surface area contributed by atoms with Crippen molar-refractivity contribution >= 4 is 35.0 Å². The Kier molecular flexibility index (Phi) is 5.83. The lowest BCUT2D eigenvalue weighted by Crippen LogP contribution is -2.39. The second kappa shape index (κ2) is 8.51. The molecule has 0 spiro atoms. The zero-order valence-electron chi connectivity index (χ0n) is 15.6. The van der Waals surface area contributed by atoms with Crippen LogP contribution >= 0.6 is 23.2 Å². The Morgan fingerprint density at radius 1 is 1.03 bits per heavy atom. The summed E-state index contributed by atoms with van der Waals surface area (Å²) < 4.78 is 11.2. The summed E-state index contributed by atoms with van der Waals surface area (Å²) in [6.45, 7) is 1.63. The van der Waals surface area contributed by atoms with Crippen molar-refractivity contribution in [2.75, 3.05) is 26.3 Å². The largest absolute Gasteiger partial charge is 0.486 e. The third-order valence-corrected chi connectivity index (χ3v) is 5.85. The van der Waals surface area contributed by atoms with E-state index < -0.39 is 0 Å². The number of nitrogens with zero attached hydrogens (tertiary/aromatic N) is 1. The summed E-state index contributed by atoms with van der Waals surface area (Å²) in [6.07, 6.45) is 1.78. The predicted molar refractivity (Wildman–Crippen MR) is 110 cm³/mol. The predicted octanol–water partition coefficient (Wildman–Crippen LogP) is 3.86. The van der Waals surface area contributed by atoms with E-state index in [9.17, 15) is 9.59 Å². The van der Waals surface area contributed by atoms with Crippen molar-refractivity contribution in [2.45, 2.75) is 18.9 Å². The van der Waals surface area contributed by atoms with E-state index in [1.54, 1.807) is 17.0 Å². The summed E-state index contributed by atoms with van der Waals surface area (Å²) in [4.78, 5) is 26.9. The minimum atomic E-state index is -0.369. The van der Waals surface area contributed by atoms with Crippen LogP contribution in [0.15, 0.2) is 36.4 Å². The highest BCUT2D eigenvalue weighted by Crippen LogP contribution is 2.38. The molecule has 2 amide bonds. The monoisotopic (exact) mass is 434 g/mol. The summed E-state index contributed by atoms with van der Waals surface area (Å²) in [6, 6.07) is 10.4. The summed E-state index contributed by atoms with van der Waals surface area (Å²) >= 11 is 11.8. The van der Waals surface area contributed by atoms with Gasteiger partial charge in [0, 0.05) is 12.1 Å². The molecule has 0 radical (unpaired) electrons. The molecule has 2 aromatic rings. The van der Waals surface area contributed by atoms with Crippen molar-refractivity contribution in [3.63, 3.8) is 0 Å².